The maximum Gasteiger partial charge on any atom is 0.251 e. The molecule has 0 fully saturated rings. The van der Waals surface area contributed by atoms with Crippen LogP contribution in [0.2, 0.25) is 0 Å². The number of rotatable bonds is 7. The quantitative estimate of drug-likeness (QED) is 0.443. The summed E-state index contributed by atoms with van der Waals surface area (Å²) in [6.07, 6.45) is 4.20. The molecule has 0 bridgehead atoms. The van der Waals surface area contributed by atoms with Gasteiger partial charge in [0.2, 0.25) is 0 Å². The van der Waals surface area contributed by atoms with Crippen LogP contribution in [0.25, 0.3) is 0 Å². The number of allylic oxidation sites excluding steroid dienone is 2. The zero-order chi connectivity index (χ0) is 17.7. The van der Waals surface area contributed by atoms with Gasteiger partial charge in [0.1, 0.15) is 6.07 Å². The van der Waals surface area contributed by atoms with Gasteiger partial charge in [0.25, 0.3) is 5.91 Å². The fraction of sp³-hybridized carbons (Fsp3) is 0.263. The van der Waals surface area contributed by atoms with Gasteiger partial charge in [0.05, 0.1) is 5.56 Å². The monoisotopic (exact) mass is 328 g/mol. The van der Waals surface area contributed by atoms with Gasteiger partial charge < -0.3 is 5.32 Å². The van der Waals surface area contributed by atoms with E-state index < -0.39 is 0 Å². The van der Waals surface area contributed by atoms with Gasteiger partial charge in [0.15, 0.2) is 0 Å². The molecule has 3 nitrogen and oxygen atoms in total. The first-order chi connectivity index (χ1) is 11.1. The number of nitrogens with one attached hydrogen (secondary N) is 1. The third-order valence-electron chi connectivity index (χ3n) is 2.60. The number of carbonyl (C=O) groups is 1. The van der Waals surface area contributed by atoms with Crippen LogP contribution in [-0.4, -0.2) is 12.5 Å². The minimum Gasteiger partial charge on any atom is -0.352 e. The number of nitrogens with zero attached hydrogens (tertiary/aromatic N) is 1. The van der Waals surface area contributed by atoms with Gasteiger partial charge in [-0.15, -0.1) is 0 Å². The summed E-state index contributed by atoms with van der Waals surface area (Å²) in [5.41, 5.74) is 0.945. The Morgan fingerprint density at radius 3 is 2.61 bits per heavy atom. The number of hydrogen-bond donors (Lipinski definition) is 1. The number of nitriles is 1. The van der Waals surface area contributed by atoms with Crippen molar-refractivity contribution in [3.8, 4) is 6.07 Å². The predicted octanol–water partition coefficient (Wildman–Crippen LogP) is 4.83. The molecular formula is C19H24N2OS. The van der Waals surface area contributed by atoms with E-state index in [1.807, 2.05) is 39.0 Å². The molecule has 0 aliphatic rings. The molecule has 0 aromatic heterocycles. The second-order valence-electron chi connectivity index (χ2n) is 4.21. The van der Waals surface area contributed by atoms with Crippen LogP contribution < -0.4 is 5.32 Å². The molecule has 0 unspecified atom stereocenters. The molecule has 0 atom stereocenters. The third-order valence-corrected chi connectivity index (χ3v) is 3.78. The Kier molecular flexibility index (Phi) is 11.1. The summed E-state index contributed by atoms with van der Waals surface area (Å²) >= 11 is 1.34. The van der Waals surface area contributed by atoms with Crippen LogP contribution in [0.1, 0.15) is 32.8 Å². The van der Waals surface area contributed by atoms with Gasteiger partial charge in [0, 0.05) is 21.9 Å². The molecule has 1 amide bonds. The van der Waals surface area contributed by atoms with Crippen molar-refractivity contribution in [1.82, 2.24) is 5.32 Å². The van der Waals surface area contributed by atoms with Crippen molar-refractivity contribution < 1.29 is 4.79 Å². The minimum atomic E-state index is -0.202. The Morgan fingerprint density at radius 2 is 2.04 bits per heavy atom. The molecule has 122 valence electrons. The highest BCUT2D eigenvalue weighted by atomic mass is 32.2. The van der Waals surface area contributed by atoms with E-state index in [1.165, 1.54) is 11.8 Å². The summed E-state index contributed by atoms with van der Waals surface area (Å²) in [6.45, 7) is 14.1. The molecule has 0 saturated heterocycles. The minimum absolute atomic E-state index is 0.202. The van der Waals surface area contributed by atoms with E-state index in [0.29, 0.717) is 22.6 Å². The van der Waals surface area contributed by atoms with Crippen molar-refractivity contribution in [3.05, 3.63) is 65.6 Å². The van der Waals surface area contributed by atoms with E-state index in [1.54, 1.807) is 18.2 Å². The second-order valence-corrected chi connectivity index (χ2v) is 5.29. The van der Waals surface area contributed by atoms with Crippen molar-refractivity contribution in [2.24, 2.45) is 0 Å². The smallest absolute Gasteiger partial charge is 0.251 e. The Bertz CT molecular complexity index is 612. The average Bonchev–Trinajstić information content (AvgIpc) is 2.60. The first kappa shape index (κ1) is 20.8. The molecule has 0 saturated carbocycles. The molecule has 23 heavy (non-hydrogen) atoms. The third kappa shape index (κ3) is 7.03. The highest BCUT2D eigenvalue weighted by Crippen LogP contribution is 2.33. The normalized spacial score (nSPS) is 9.91. The first-order valence-corrected chi connectivity index (χ1v) is 8.42. The SMILES string of the molecule is C=C/C=C(/Sc1ccccc1C#N)C(=C)C(=O)NCCC.CC. The second kappa shape index (κ2) is 12.3. The fourth-order valence-corrected chi connectivity index (χ4v) is 2.51. The van der Waals surface area contributed by atoms with Gasteiger partial charge in [-0.2, -0.15) is 5.26 Å². The van der Waals surface area contributed by atoms with Crippen molar-refractivity contribution in [2.75, 3.05) is 6.54 Å². The summed E-state index contributed by atoms with van der Waals surface area (Å²) in [7, 11) is 0. The van der Waals surface area contributed by atoms with Crippen molar-refractivity contribution in [1.29, 1.82) is 5.26 Å². The Morgan fingerprint density at radius 1 is 1.39 bits per heavy atom. The average molecular weight is 328 g/mol. The van der Waals surface area contributed by atoms with Crippen LogP contribution in [0.5, 0.6) is 0 Å². The Hall–Kier alpha value is -2.25. The lowest BCUT2D eigenvalue weighted by atomic mass is 10.2. The fourth-order valence-electron chi connectivity index (χ4n) is 1.53. The summed E-state index contributed by atoms with van der Waals surface area (Å²) in [5.74, 6) is -0.202. The molecule has 0 aliphatic heterocycles. The summed E-state index contributed by atoms with van der Waals surface area (Å²) < 4.78 is 0. The molecular weight excluding hydrogens is 304 g/mol. The molecule has 1 aromatic rings. The number of thioether (sulfide) groups is 1. The van der Waals surface area contributed by atoms with Crippen LogP contribution in [-0.2, 0) is 4.79 Å². The van der Waals surface area contributed by atoms with Crippen molar-refractivity contribution in [2.45, 2.75) is 32.1 Å². The standard InChI is InChI=1S/C17H18N2OS.C2H6/c1-4-8-15(13(3)17(20)19-11-5-2)21-16-10-7-6-9-14(16)12-18;1-2/h4,6-10H,1,3,5,11H2,2H3,(H,19,20);1-2H3/b15-8+;. The zero-order valence-corrected chi connectivity index (χ0v) is 14.9. The van der Waals surface area contributed by atoms with Crippen LogP contribution in [0, 0.1) is 11.3 Å². The van der Waals surface area contributed by atoms with E-state index in [4.69, 9.17) is 5.26 Å². The molecule has 4 heteroatoms. The molecule has 1 rings (SSSR count). The van der Waals surface area contributed by atoms with Gasteiger partial charge in [-0.3, -0.25) is 4.79 Å². The maximum absolute atomic E-state index is 12.0. The Balaban J connectivity index is 0.00000232. The highest BCUT2D eigenvalue weighted by molar-refractivity contribution is 8.03. The number of benzene rings is 1. The number of carbonyl (C=O) groups excluding carboxylic acids is 1. The molecule has 1 aromatic carbocycles. The first-order valence-electron chi connectivity index (χ1n) is 7.61. The predicted molar refractivity (Wildman–Crippen MR) is 99.1 cm³/mol. The largest absolute Gasteiger partial charge is 0.352 e. The molecule has 0 radical (unpaired) electrons. The molecule has 1 N–H and O–H groups in total. The number of amides is 1. The number of hydrogen-bond acceptors (Lipinski definition) is 3. The van der Waals surface area contributed by atoms with E-state index in [2.05, 4.69) is 24.5 Å². The van der Waals surface area contributed by atoms with E-state index in [0.717, 1.165) is 11.3 Å². The zero-order valence-electron chi connectivity index (χ0n) is 14.1. The van der Waals surface area contributed by atoms with Gasteiger partial charge >= 0.3 is 0 Å². The van der Waals surface area contributed by atoms with Crippen LogP contribution in [0.4, 0.5) is 0 Å². The lowest BCUT2D eigenvalue weighted by molar-refractivity contribution is -0.117. The summed E-state index contributed by atoms with van der Waals surface area (Å²) in [4.78, 5) is 13.5. The molecule has 0 aliphatic carbocycles. The summed E-state index contributed by atoms with van der Waals surface area (Å²) in [6, 6.07) is 9.39. The molecule has 0 spiro atoms. The van der Waals surface area contributed by atoms with Crippen molar-refractivity contribution in [3.63, 3.8) is 0 Å². The molecule has 0 heterocycles. The lowest BCUT2D eigenvalue weighted by Gasteiger charge is -2.11. The van der Waals surface area contributed by atoms with Crippen LogP contribution in [0.3, 0.4) is 0 Å². The Labute approximate surface area is 143 Å². The van der Waals surface area contributed by atoms with E-state index in [-0.39, 0.29) is 5.91 Å². The lowest BCUT2D eigenvalue weighted by Crippen LogP contribution is -2.25. The topological polar surface area (TPSA) is 52.9 Å². The van der Waals surface area contributed by atoms with Gasteiger partial charge in [-0.05, 0) is 24.6 Å². The van der Waals surface area contributed by atoms with E-state index in [9.17, 15) is 4.79 Å². The van der Waals surface area contributed by atoms with Crippen LogP contribution in [0.15, 0.2) is 64.9 Å². The van der Waals surface area contributed by atoms with Crippen LogP contribution >= 0.6 is 11.8 Å². The van der Waals surface area contributed by atoms with Gasteiger partial charge in [-0.25, -0.2) is 0 Å². The highest BCUT2D eigenvalue weighted by Gasteiger charge is 2.14. The maximum atomic E-state index is 12.0. The summed E-state index contributed by atoms with van der Waals surface area (Å²) in [5, 5.41) is 11.9. The van der Waals surface area contributed by atoms with Gasteiger partial charge in [-0.1, -0.05) is 63.9 Å². The van der Waals surface area contributed by atoms with Crippen molar-refractivity contribution >= 4 is 17.7 Å². The van der Waals surface area contributed by atoms with E-state index >= 15 is 0 Å².